The molecule has 2 aromatic carbocycles. The zero-order valence-electron chi connectivity index (χ0n) is 16.6. The number of hydrogen-bond donors (Lipinski definition) is 2. The molecule has 0 saturated carbocycles. The topological polar surface area (TPSA) is 115 Å². The van der Waals surface area contributed by atoms with Gasteiger partial charge in [0.25, 0.3) is 5.56 Å². The standard InChI is InChI=1S/C21H22N2O6S/c1-29-21(26)19-18(22-11-12-24)16-5-3-4-6-17(16)20(25)23(19)13-14-7-9-15(10-8-14)30(2,27)28/h3-10,22,24H,11-13H2,1-2H3. The van der Waals surface area contributed by atoms with E-state index in [2.05, 4.69) is 5.32 Å². The van der Waals surface area contributed by atoms with E-state index < -0.39 is 15.8 Å². The highest BCUT2D eigenvalue weighted by atomic mass is 32.2. The first-order chi connectivity index (χ1) is 14.3. The number of nitrogens with zero attached hydrogens (tertiary/aromatic N) is 1. The van der Waals surface area contributed by atoms with Crippen molar-refractivity contribution in [1.29, 1.82) is 0 Å². The fourth-order valence-corrected chi connectivity index (χ4v) is 3.87. The molecule has 0 saturated heterocycles. The molecule has 0 amide bonds. The summed E-state index contributed by atoms with van der Waals surface area (Å²) in [6.07, 6.45) is 1.12. The van der Waals surface area contributed by atoms with Gasteiger partial charge in [0.1, 0.15) is 0 Å². The van der Waals surface area contributed by atoms with E-state index in [4.69, 9.17) is 4.74 Å². The second-order valence-electron chi connectivity index (χ2n) is 6.72. The van der Waals surface area contributed by atoms with Crippen LogP contribution in [-0.4, -0.2) is 50.6 Å². The number of benzene rings is 2. The van der Waals surface area contributed by atoms with Gasteiger partial charge >= 0.3 is 5.97 Å². The molecule has 0 spiro atoms. The van der Waals surface area contributed by atoms with Gasteiger partial charge in [0.2, 0.25) is 0 Å². The Morgan fingerprint density at radius 2 is 1.73 bits per heavy atom. The van der Waals surface area contributed by atoms with Gasteiger partial charge < -0.3 is 15.2 Å². The van der Waals surface area contributed by atoms with E-state index in [0.717, 1.165) is 6.26 Å². The van der Waals surface area contributed by atoms with Gasteiger partial charge in [-0.3, -0.25) is 9.36 Å². The van der Waals surface area contributed by atoms with E-state index in [-0.39, 0.29) is 35.8 Å². The van der Waals surface area contributed by atoms with Crippen LogP contribution in [0, 0.1) is 0 Å². The van der Waals surface area contributed by atoms with E-state index in [0.29, 0.717) is 22.0 Å². The number of nitrogens with one attached hydrogen (secondary N) is 1. The summed E-state index contributed by atoms with van der Waals surface area (Å²) in [5, 5.41) is 13.2. The van der Waals surface area contributed by atoms with Gasteiger partial charge in [0, 0.05) is 23.6 Å². The Labute approximate surface area is 173 Å². The fourth-order valence-electron chi connectivity index (χ4n) is 3.24. The molecule has 9 heteroatoms. The average molecular weight is 430 g/mol. The van der Waals surface area contributed by atoms with Crippen LogP contribution in [-0.2, 0) is 21.1 Å². The van der Waals surface area contributed by atoms with Crippen molar-refractivity contribution in [2.24, 2.45) is 0 Å². The number of aromatic nitrogens is 1. The Kier molecular flexibility index (Phi) is 6.23. The Morgan fingerprint density at radius 3 is 2.30 bits per heavy atom. The number of anilines is 1. The van der Waals surface area contributed by atoms with Gasteiger partial charge in [-0.2, -0.15) is 0 Å². The van der Waals surface area contributed by atoms with E-state index in [9.17, 15) is 23.1 Å². The molecule has 2 N–H and O–H groups in total. The summed E-state index contributed by atoms with van der Waals surface area (Å²) < 4.78 is 29.6. The number of aliphatic hydroxyl groups excluding tert-OH is 1. The highest BCUT2D eigenvalue weighted by Gasteiger charge is 2.23. The highest BCUT2D eigenvalue weighted by Crippen LogP contribution is 2.26. The number of carbonyl (C=O) groups excluding carboxylic acids is 1. The Bertz CT molecular complexity index is 1250. The molecule has 0 bridgehead atoms. The lowest BCUT2D eigenvalue weighted by molar-refractivity contribution is 0.0589. The summed E-state index contributed by atoms with van der Waals surface area (Å²) in [4.78, 5) is 26.0. The molecule has 8 nitrogen and oxygen atoms in total. The maximum absolute atomic E-state index is 13.2. The number of sulfone groups is 1. The van der Waals surface area contributed by atoms with Crippen LogP contribution in [0.15, 0.2) is 58.2 Å². The predicted molar refractivity (Wildman–Crippen MR) is 114 cm³/mol. The molecular formula is C21H22N2O6S. The number of methoxy groups -OCH3 is 1. The Hall–Kier alpha value is -3.17. The van der Waals surface area contributed by atoms with Crippen LogP contribution >= 0.6 is 0 Å². The highest BCUT2D eigenvalue weighted by molar-refractivity contribution is 7.90. The molecule has 0 aliphatic carbocycles. The van der Waals surface area contributed by atoms with Crippen LogP contribution in [0.4, 0.5) is 5.69 Å². The van der Waals surface area contributed by atoms with Crippen molar-refractivity contribution in [2.45, 2.75) is 11.4 Å². The van der Waals surface area contributed by atoms with Crippen molar-refractivity contribution in [1.82, 2.24) is 4.57 Å². The summed E-state index contributed by atoms with van der Waals surface area (Å²) in [5.74, 6) is -0.703. The van der Waals surface area contributed by atoms with Crippen molar-refractivity contribution in [3.63, 3.8) is 0 Å². The molecule has 0 aliphatic rings. The van der Waals surface area contributed by atoms with Gasteiger partial charge in [0.05, 0.1) is 30.8 Å². The zero-order chi connectivity index (χ0) is 21.9. The van der Waals surface area contributed by atoms with Crippen LogP contribution in [0.3, 0.4) is 0 Å². The van der Waals surface area contributed by atoms with Crippen LogP contribution in [0.2, 0.25) is 0 Å². The van der Waals surface area contributed by atoms with Gasteiger partial charge in [-0.15, -0.1) is 0 Å². The van der Waals surface area contributed by atoms with Crippen molar-refractivity contribution >= 4 is 32.3 Å². The normalized spacial score (nSPS) is 11.4. The number of carbonyl (C=O) groups is 1. The lowest BCUT2D eigenvalue weighted by atomic mass is 10.1. The Balaban J connectivity index is 2.23. The molecule has 0 atom stereocenters. The van der Waals surface area contributed by atoms with Gasteiger partial charge in [-0.05, 0) is 23.8 Å². The molecule has 30 heavy (non-hydrogen) atoms. The fraction of sp³-hybridized carbons (Fsp3) is 0.238. The van der Waals surface area contributed by atoms with Crippen LogP contribution in [0.25, 0.3) is 10.8 Å². The average Bonchev–Trinajstić information content (AvgIpc) is 2.74. The number of ether oxygens (including phenoxy) is 1. The number of rotatable bonds is 7. The van der Waals surface area contributed by atoms with Crippen molar-refractivity contribution in [3.05, 3.63) is 70.1 Å². The van der Waals surface area contributed by atoms with E-state index in [1.54, 1.807) is 36.4 Å². The van der Waals surface area contributed by atoms with Gasteiger partial charge in [-0.1, -0.05) is 30.3 Å². The summed E-state index contributed by atoms with van der Waals surface area (Å²) in [5.41, 5.74) is 0.673. The monoisotopic (exact) mass is 430 g/mol. The summed E-state index contributed by atoms with van der Waals surface area (Å²) in [7, 11) is -2.12. The number of pyridine rings is 1. The minimum Gasteiger partial charge on any atom is -0.464 e. The smallest absolute Gasteiger partial charge is 0.356 e. The molecule has 1 aromatic heterocycles. The second-order valence-corrected chi connectivity index (χ2v) is 8.73. The quantitative estimate of drug-likeness (QED) is 0.548. The third-order valence-electron chi connectivity index (χ3n) is 4.66. The first-order valence-corrected chi connectivity index (χ1v) is 11.0. The molecule has 1 heterocycles. The van der Waals surface area contributed by atoms with Crippen LogP contribution < -0.4 is 10.9 Å². The van der Waals surface area contributed by atoms with Crippen molar-refractivity contribution in [2.75, 3.05) is 31.8 Å². The van der Waals surface area contributed by atoms with Crippen LogP contribution in [0.5, 0.6) is 0 Å². The molecule has 158 valence electrons. The maximum Gasteiger partial charge on any atom is 0.356 e. The van der Waals surface area contributed by atoms with Gasteiger partial charge in [-0.25, -0.2) is 13.2 Å². The van der Waals surface area contributed by atoms with Crippen molar-refractivity contribution < 1.29 is 23.1 Å². The number of fused-ring (bicyclic) bond motifs is 1. The molecule has 0 aliphatic heterocycles. The molecule has 3 rings (SSSR count). The van der Waals surface area contributed by atoms with Crippen LogP contribution in [0.1, 0.15) is 16.1 Å². The largest absolute Gasteiger partial charge is 0.464 e. The molecule has 0 radical (unpaired) electrons. The minimum atomic E-state index is -3.35. The van der Waals surface area contributed by atoms with E-state index in [1.165, 1.54) is 23.8 Å². The first kappa shape index (κ1) is 21.5. The second kappa shape index (κ2) is 8.68. The van der Waals surface area contributed by atoms with Crippen molar-refractivity contribution in [3.8, 4) is 0 Å². The number of esters is 1. The molecule has 3 aromatic rings. The molecule has 0 unspecified atom stereocenters. The summed E-state index contributed by atoms with van der Waals surface area (Å²) >= 11 is 0. The summed E-state index contributed by atoms with van der Waals surface area (Å²) in [6.45, 7) is 0.0439. The minimum absolute atomic E-state index is 0.0295. The lowest BCUT2D eigenvalue weighted by Gasteiger charge is -2.19. The summed E-state index contributed by atoms with van der Waals surface area (Å²) in [6, 6.07) is 13.0. The third kappa shape index (κ3) is 4.22. The van der Waals surface area contributed by atoms with E-state index >= 15 is 0 Å². The molecular weight excluding hydrogens is 408 g/mol. The zero-order valence-corrected chi connectivity index (χ0v) is 17.4. The first-order valence-electron chi connectivity index (χ1n) is 9.15. The van der Waals surface area contributed by atoms with Gasteiger partial charge in [0.15, 0.2) is 15.5 Å². The molecule has 0 fully saturated rings. The maximum atomic E-state index is 13.2. The van der Waals surface area contributed by atoms with E-state index in [1.807, 2.05) is 0 Å². The third-order valence-corrected chi connectivity index (χ3v) is 5.79. The lowest BCUT2D eigenvalue weighted by Crippen LogP contribution is -2.29. The number of hydrogen-bond acceptors (Lipinski definition) is 7. The number of aliphatic hydroxyl groups is 1. The SMILES string of the molecule is COC(=O)c1c(NCCO)c2ccccc2c(=O)n1Cc1ccc(S(C)(=O)=O)cc1. The predicted octanol–water partition coefficient (Wildman–Crippen LogP) is 1.64. The Morgan fingerprint density at radius 1 is 1.10 bits per heavy atom.